The Balaban J connectivity index is 1.96. The van der Waals surface area contributed by atoms with Crippen molar-refractivity contribution in [3.05, 3.63) is 71.8 Å². The van der Waals surface area contributed by atoms with E-state index >= 15 is 0 Å². The molecular formula is C23H33NOS. The first-order valence-electron chi connectivity index (χ1n) is 9.78. The Labute approximate surface area is 163 Å². The van der Waals surface area contributed by atoms with Crippen molar-refractivity contribution in [3.8, 4) is 0 Å². The fraction of sp³-hybridized carbons (Fsp3) is 0.478. The zero-order valence-corrected chi connectivity index (χ0v) is 17.0. The highest BCUT2D eigenvalue weighted by Gasteiger charge is 2.22. The molecule has 0 aliphatic carbocycles. The van der Waals surface area contributed by atoms with Gasteiger partial charge in [-0.1, -0.05) is 80.4 Å². The molecule has 2 rings (SSSR count). The van der Waals surface area contributed by atoms with E-state index in [1.54, 1.807) is 0 Å². The van der Waals surface area contributed by atoms with Gasteiger partial charge < -0.3 is 5.11 Å². The van der Waals surface area contributed by atoms with Crippen LogP contribution in [0.4, 0.5) is 0 Å². The van der Waals surface area contributed by atoms with Crippen molar-refractivity contribution in [1.29, 1.82) is 0 Å². The summed E-state index contributed by atoms with van der Waals surface area (Å²) in [5, 5.41) is 10.7. The standard InChI is InChI=1S/C23H33NOS/c1-3-4-11-16-26-19-23(25)20(2)24(17-21-12-7-5-8-13-21)18-22-14-9-6-10-15-22/h5-10,12-15,20,23,25H,3-4,11,16-19H2,1-2H3/t20-,23+/m0/s1. The van der Waals surface area contributed by atoms with Crippen LogP contribution in [0.1, 0.15) is 44.2 Å². The molecule has 26 heavy (non-hydrogen) atoms. The van der Waals surface area contributed by atoms with Crippen molar-refractivity contribution < 1.29 is 5.11 Å². The highest BCUT2D eigenvalue weighted by molar-refractivity contribution is 7.99. The largest absolute Gasteiger partial charge is 0.391 e. The molecule has 0 fully saturated rings. The van der Waals surface area contributed by atoms with E-state index in [1.165, 1.54) is 30.4 Å². The average Bonchev–Trinajstić information content (AvgIpc) is 2.68. The molecule has 0 spiro atoms. The van der Waals surface area contributed by atoms with Crippen LogP contribution in [0.3, 0.4) is 0 Å². The fourth-order valence-electron chi connectivity index (χ4n) is 3.02. The Kier molecular flexibility index (Phi) is 9.83. The van der Waals surface area contributed by atoms with Gasteiger partial charge in [0.2, 0.25) is 0 Å². The van der Waals surface area contributed by atoms with Crippen molar-refractivity contribution in [2.45, 2.75) is 58.3 Å². The third-order valence-corrected chi connectivity index (χ3v) is 5.93. The molecule has 0 amide bonds. The third kappa shape index (κ3) is 7.53. The van der Waals surface area contributed by atoms with Gasteiger partial charge in [-0.05, 0) is 30.2 Å². The van der Waals surface area contributed by atoms with Gasteiger partial charge in [0.25, 0.3) is 0 Å². The molecule has 0 saturated heterocycles. The predicted molar refractivity (Wildman–Crippen MR) is 114 cm³/mol. The lowest BCUT2D eigenvalue weighted by Crippen LogP contribution is -2.42. The molecule has 0 unspecified atom stereocenters. The van der Waals surface area contributed by atoms with Gasteiger partial charge in [0, 0.05) is 24.9 Å². The molecule has 0 saturated carbocycles. The number of aliphatic hydroxyl groups excluding tert-OH is 1. The van der Waals surface area contributed by atoms with Crippen molar-refractivity contribution >= 4 is 11.8 Å². The second kappa shape index (κ2) is 12.2. The summed E-state index contributed by atoms with van der Waals surface area (Å²) in [4.78, 5) is 2.39. The van der Waals surface area contributed by atoms with E-state index < -0.39 is 0 Å². The number of nitrogens with zero attached hydrogens (tertiary/aromatic N) is 1. The van der Waals surface area contributed by atoms with E-state index in [4.69, 9.17) is 0 Å². The van der Waals surface area contributed by atoms with Crippen LogP contribution in [0.5, 0.6) is 0 Å². The Hall–Kier alpha value is -1.29. The van der Waals surface area contributed by atoms with Gasteiger partial charge in [0.05, 0.1) is 6.10 Å². The summed E-state index contributed by atoms with van der Waals surface area (Å²) >= 11 is 1.88. The molecule has 0 aromatic heterocycles. The minimum atomic E-state index is -0.311. The lowest BCUT2D eigenvalue weighted by Gasteiger charge is -2.32. The van der Waals surface area contributed by atoms with Gasteiger partial charge in [-0.3, -0.25) is 4.90 Å². The van der Waals surface area contributed by atoms with Gasteiger partial charge >= 0.3 is 0 Å². The quantitative estimate of drug-likeness (QED) is 0.508. The first-order chi connectivity index (χ1) is 12.7. The number of hydrogen-bond acceptors (Lipinski definition) is 3. The second-order valence-corrected chi connectivity index (χ2v) is 8.12. The lowest BCUT2D eigenvalue weighted by atomic mass is 10.1. The van der Waals surface area contributed by atoms with Gasteiger partial charge in [0.15, 0.2) is 0 Å². The molecule has 142 valence electrons. The predicted octanol–water partition coefficient (Wildman–Crippen LogP) is 5.36. The van der Waals surface area contributed by atoms with Crippen LogP contribution >= 0.6 is 11.8 Å². The van der Waals surface area contributed by atoms with Crippen molar-refractivity contribution in [1.82, 2.24) is 4.90 Å². The first kappa shape index (κ1) is 21.0. The summed E-state index contributed by atoms with van der Waals surface area (Å²) in [6.45, 7) is 6.10. The molecule has 2 aromatic carbocycles. The highest BCUT2D eigenvalue weighted by atomic mass is 32.2. The van der Waals surface area contributed by atoms with E-state index in [1.807, 2.05) is 11.8 Å². The Morgan fingerprint density at radius 2 is 1.42 bits per heavy atom. The zero-order valence-electron chi connectivity index (χ0n) is 16.2. The van der Waals surface area contributed by atoms with Crippen LogP contribution in [0.2, 0.25) is 0 Å². The lowest BCUT2D eigenvalue weighted by molar-refractivity contribution is 0.0639. The van der Waals surface area contributed by atoms with Crippen LogP contribution in [-0.4, -0.2) is 33.7 Å². The Morgan fingerprint density at radius 1 is 0.885 bits per heavy atom. The van der Waals surface area contributed by atoms with Crippen molar-refractivity contribution in [2.24, 2.45) is 0 Å². The van der Waals surface area contributed by atoms with Crippen molar-refractivity contribution in [2.75, 3.05) is 11.5 Å². The van der Waals surface area contributed by atoms with E-state index in [9.17, 15) is 5.11 Å². The number of thioether (sulfide) groups is 1. The molecule has 0 aliphatic rings. The summed E-state index contributed by atoms with van der Waals surface area (Å²) in [6.07, 6.45) is 3.47. The van der Waals surface area contributed by atoms with Crippen LogP contribution in [0.15, 0.2) is 60.7 Å². The maximum absolute atomic E-state index is 10.7. The van der Waals surface area contributed by atoms with Crippen LogP contribution in [0.25, 0.3) is 0 Å². The van der Waals surface area contributed by atoms with Crippen LogP contribution < -0.4 is 0 Å². The first-order valence-corrected chi connectivity index (χ1v) is 10.9. The second-order valence-electron chi connectivity index (χ2n) is 6.97. The number of hydrogen-bond donors (Lipinski definition) is 1. The third-order valence-electron chi connectivity index (χ3n) is 4.77. The SMILES string of the molecule is CCCCCSC[C@@H](O)[C@H](C)N(Cc1ccccc1)Cc1ccccc1. The summed E-state index contributed by atoms with van der Waals surface area (Å²) < 4.78 is 0. The number of unbranched alkanes of at least 4 members (excludes halogenated alkanes) is 2. The zero-order chi connectivity index (χ0) is 18.6. The molecule has 1 N–H and O–H groups in total. The fourth-order valence-corrected chi connectivity index (χ4v) is 4.12. The molecule has 0 bridgehead atoms. The van der Waals surface area contributed by atoms with E-state index in [2.05, 4.69) is 79.4 Å². The van der Waals surface area contributed by atoms with E-state index in [0.717, 1.165) is 24.6 Å². The topological polar surface area (TPSA) is 23.5 Å². The minimum Gasteiger partial charge on any atom is -0.391 e. The Bertz CT molecular complexity index is 548. The molecule has 0 radical (unpaired) electrons. The van der Waals surface area contributed by atoms with Crippen molar-refractivity contribution in [3.63, 3.8) is 0 Å². The molecular weight excluding hydrogens is 338 g/mol. The summed E-state index contributed by atoms with van der Waals surface area (Å²) in [7, 11) is 0. The average molecular weight is 372 g/mol. The van der Waals surface area contributed by atoms with E-state index in [0.29, 0.717) is 0 Å². The minimum absolute atomic E-state index is 0.120. The maximum atomic E-state index is 10.7. The van der Waals surface area contributed by atoms with E-state index in [-0.39, 0.29) is 12.1 Å². The molecule has 2 aromatic rings. The van der Waals surface area contributed by atoms with Crippen LogP contribution in [-0.2, 0) is 13.1 Å². The smallest absolute Gasteiger partial charge is 0.0783 e. The van der Waals surface area contributed by atoms with Gasteiger partial charge in [-0.25, -0.2) is 0 Å². The van der Waals surface area contributed by atoms with Gasteiger partial charge in [0.1, 0.15) is 0 Å². The number of aliphatic hydroxyl groups is 1. The number of benzene rings is 2. The summed E-state index contributed by atoms with van der Waals surface area (Å²) in [6, 6.07) is 21.2. The monoisotopic (exact) mass is 371 g/mol. The summed E-state index contributed by atoms with van der Waals surface area (Å²) in [5.41, 5.74) is 2.58. The normalized spacial score (nSPS) is 13.7. The molecule has 3 heteroatoms. The molecule has 2 atom stereocenters. The number of rotatable bonds is 12. The molecule has 2 nitrogen and oxygen atoms in total. The van der Waals surface area contributed by atoms with Crippen LogP contribution in [0, 0.1) is 0 Å². The Morgan fingerprint density at radius 3 is 1.92 bits per heavy atom. The molecule has 0 aliphatic heterocycles. The highest BCUT2D eigenvalue weighted by Crippen LogP contribution is 2.18. The molecule has 0 heterocycles. The summed E-state index contributed by atoms with van der Waals surface area (Å²) in [5.74, 6) is 1.96. The van der Waals surface area contributed by atoms with Gasteiger partial charge in [-0.2, -0.15) is 11.8 Å². The maximum Gasteiger partial charge on any atom is 0.0783 e. The van der Waals surface area contributed by atoms with Gasteiger partial charge in [-0.15, -0.1) is 0 Å².